The highest BCUT2D eigenvalue weighted by Gasteiger charge is 2.56. The van der Waals surface area contributed by atoms with E-state index in [0.29, 0.717) is 18.3 Å². The molecule has 0 radical (unpaired) electrons. The highest BCUT2D eigenvalue weighted by atomic mass is 16.5. The molecule has 4 heteroatoms. The molecule has 2 saturated carbocycles. The van der Waals surface area contributed by atoms with Gasteiger partial charge in [-0.15, -0.1) is 0 Å². The number of amides is 1. The average molecular weight is 410 g/mol. The van der Waals surface area contributed by atoms with E-state index in [0.717, 1.165) is 25.7 Å². The Morgan fingerprint density at radius 1 is 1.10 bits per heavy atom. The van der Waals surface area contributed by atoms with Crippen molar-refractivity contribution in [2.75, 3.05) is 0 Å². The van der Waals surface area contributed by atoms with Gasteiger partial charge in [0.05, 0.1) is 0 Å². The van der Waals surface area contributed by atoms with Gasteiger partial charge in [0, 0.05) is 18.8 Å². The van der Waals surface area contributed by atoms with Gasteiger partial charge in [0.1, 0.15) is 11.6 Å². The lowest BCUT2D eigenvalue weighted by Crippen LogP contribution is -2.59. The first-order chi connectivity index (χ1) is 14.2. The zero-order valence-electron chi connectivity index (χ0n) is 18.7. The molecule has 4 nitrogen and oxygen atoms in total. The number of rotatable bonds is 5. The van der Waals surface area contributed by atoms with E-state index >= 15 is 0 Å². The first-order valence-electron chi connectivity index (χ1n) is 11.5. The lowest BCUT2D eigenvalue weighted by Gasteiger charge is -2.45. The fourth-order valence-corrected chi connectivity index (χ4v) is 6.21. The number of hydrogen-bond donors (Lipinski definition) is 1. The van der Waals surface area contributed by atoms with Gasteiger partial charge >= 0.3 is 5.97 Å². The summed E-state index contributed by atoms with van der Waals surface area (Å²) in [6, 6.07) is 10.6. The van der Waals surface area contributed by atoms with E-state index in [1.165, 1.54) is 12.5 Å². The fourth-order valence-electron chi connectivity index (χ4n) is 6.21. The van der Waals surface area contributed by atoms with Crippen LogP contribution in [0.15, 0.2) is 42.5 Å². The van der Waals surface area contributed by atoms with Gasteiger partial charge in [-0.1, -0.05) is 69.7 Å². The van der Waals surface area contributed by atoms with Crippen LogP contribution in [0.5, 0.6) is 0 Å². The van der Waals surface area contributed by atoms with E-state index in [9.17, 15) is 9.59 Å². The third-order valence-corrected chi connectivity index (χ3v) is 7.91. The van der Waals surface area contributed by atoms with Crippen molar-refractivity contribution < 1.29 is 14.3 Å². The van der Waals surface area contributed by atoms with Crippen LogP contribution in [0.25, 0.3) is 0 Å². The predicted octanol–water partition coefficient (Wildman–Crippen LogP) is 4.78. The summed E-state index contributed by atoms with van der Waals surface area (Å²) in [7, 11) is 0. The lowest BCUT2D eigenvalue weighted by molar-refractivity contribution is -0.167. The molecule has 1 aromatic rings. The molecule has 162 valence electrons. The second-order valence-electron chi connectivity index (χ2n) is 10.4. The molecule has 30 heavy (non-hydrogen) atoms. The topological polar surface area (TPSA) is 55.4 Å². The fraction of sp³-hybridized carbons (Fsp3) is 0.615. The van der Waals surface area contributed by atoms with Gasteiger partial charge in [-0.2, -0.15) is 0 Å². The molecular weight excluding hydrogens is 374 g/mol. The van der Waals surface area contributed by atoms with Gasteiger partial charge in [-0.25, -0.2) is 4.79 Å². The molecule has 2 fully saturated rings. The standard InChI is InChI=1S/C26H35NO3/c1-17-10-13-22(25(3,4)20-8-6-5-7-9-20)23(14-17)30-24(29)26(27-18(2)28)16-19-11-12-21(26)15-19/h5-9,11-12,17,19,21-23H,10,13-16H2,1-4H3,(H,27,28)/t17?,19-,21+,22?,23?,26+/m1/s1. The summed E-state index contributed by atoms with van der Waals surface area (Å²) in [6.45, 7) is 8.28. The minimum absolute atomic E-state index is 0.0421. The molecule has 6 atom stereocenters. The summed E-state index contributed by atoms with van der Waals surface area (Å²) in [5.41, 5.74) is 0.292. The van der Waals surface area contributed by atoms with Crippen molar-refractivity contribution in [1.29, 1.82) is 0 Å². The third kappa shape index (κ3) is 3.70. The van der Waals surface area contributed by atoms with E-state index in [2.05, 4.69) is 62.5 Å². The normalized spacial score (nSPS) is 35.3. The maximum atomic E-state index is 13.6. The maximum Gasteiger partial charge on any atom is 0.332 e. The van der Waals surface area contributed by atoms with Crippen LogP contribution in [0, 0.1) is 23.7 Å². The molecule has 1 aromatic carbocycles. The highest BCUT2D eigenvalue weighted by molar-refractivity contribution is 5.89. The molecule has 0 aliphatic heterocycles. The van der Waals surface area contributed by atoms with Crippen molar-refractivity contribution in [1.82, 2.24) is 5.32 Å². The second-order valence-corrected chi connectivity index (χ2v) is 10.4. The zero-order valence-corrected chi connectivity index (χ0v) is 18.7. The first-order valence-corrected chi connectivity index (χ1v) is 11.5. The smallest absolute Gasteiger partial charge is 0.332 e. The Morgan fingerprint density at radius 3 is 2.43 bits per heavy atom. The first kappa shape index (κ1) is 21.1. The van der Waals surface area contributed by atoms with E-state index in [-0.39, 0.29) is 35.2 Å². The number of allylic oxidation sites excluding steroid dienone is 1. The summed E-state index contributed by atoms with van der Waals surface area (Å²) in [6.07, 6.45) is 8.80. The van der Waals surface area contributed by atoms with Crippen molar-refractivity contribution >= 4 is 11.9 Å². The molecule has 0 aromatic heterocycles. The number of nitrogens with one attached hydrogen (secondary N) is 1. The molecule has 0 saturated heterocycles. The molecule has 3 aliphatic rings. The Hall–Kier alpha value is -2.10. The largest absolute Gasteiger partial charge is 0.460 e. The molecule has 1 amide bonds. The second kappa shape index (κ2) is 7.86. The van der Waals surface area contributed by atoms with Crippen molar-refractivity contribution in [2.45, 2.75) is 76.9 Å². The van der Waals surface area contributed by atoms with Crippen molar-refractivity contribution in [3.05, 3.63) is 48.0 Å². The van der Waals surface area contributed by atoms with Crippen LogP contribution in [-0.4, -0.2) is 23.5 Å². The summed E-state index contributed by atoms with van der Waals surface area (Å²) in [5, 5.41) is 3.01. The van der Waals surface area contributed by atoms with Crippen LogP contribution in [0.1, 0.15) is 65.4 Å². The van der Waals surface area contributed by atoms with Gasteiger partial charge in [0.2, 0.25) is 5.91 Å². The zero-order chi connectivity index (χ0) is 21.5. The monoisotopic (exact) mass is 409 g/mol. The molecule has 4 rings (SSSR count). The summed E-state index contributed by atoms with van der Waals surface area (Å²) in [4.78, 5) is 25.6. The summed E-state index contributed by atoms with van der Waals surface area (Å²) < 4.78 is 6.34. The average Bonchev–Trinajstić information content (AvgIpc) is 3.30. The Kier molecular flexibility index (Phi) is 5.54. The SMILES string of the molecule is CC(=O)N[C@@]1(C(=O)OC2CC(C)CCC2C(C)(C)c2ccccc2)C[C@@H]2C=C[C@H]1C2. The number of benzene rings is 1. The van der Waals surface area contributed by atoms with Crippen LogP contribution in [0.3, 0.4) is 0 Å². The third-order valence-electron chi connectivity index (χ3n) is 7.91. The Labute approximate surface area is 180 Å². The Bertz CT molecular complexity index is 830. The van der Waals surface area contributed by atoms with Crippen LogP contribution in [-0.2, 0) is 19.7 Å². The lowest BCUT2D eigenvalue weighted by atomic mass is 9.64. The van der Waals surface area contributed by atoms with Crippen LogP contribution in [0.4, 0.5) is 0 Å². The van der Waals surface area contributed by atoms with Gasteiger partial charge in [-0.3, -0.25) is 4.79 Å². The van der Waals surface area contributed by atoms with Crippen LogP contribution in [0.2, 0.25) is 0 Å². The van der Waals surface area contributed by atoms with Gasteiger partial charge in [-0.05, 0) is 48.5 Å². The van der Waals surface area contributed by atoms with E-state index in [4.69, 9.17) is 4.74 Å². The Morgan fingerprint density at radius 2 is 1.83 bits per heavy atom. The molecule has 0 heterocycles. The number of esters is 1. The van der Waals surface area contributed by atoms with E-state index in [1.54, 1.807) is 0 Å². The van der Waals surface area contributed by atoms with Gasteiger partial charge in [0.15, 0.2) is 0 Å². The van der Waals surface area contributed by atoms with Crippen LogP contribution < -0.4 is 5.32 Å². The van der Waals surface area contributed by atoms with Crippen molar-refractivity contribution in [3.63, 3.8) is 0 Å². The quantitative estimate of drug-likeness (QED) is 0.562. The van der Waals surface area contributed by atoms with Crippen molar-refractivity contribution in [3.8, 4) is 0 Å². The van der Waals surface area contributed by atoms with Crippen molar-refractivity contribution in [2.24, 2.45) is 23.7 Å². The maximum absolute atomic E-state index is 13.6. The molecule has 0 spiro atoms. The Balaban J connectivity index is 1.59. The molecule has 3 aliphatic carbocycles. The molecule has 1 N–H and O–H groups in total. The van der Waals surface area contributed by atoms with Gasteiger partial charge < -0.3 is 10.1 Å². The summed E-state index contributed by atoms with van der Waals surface area (Å²) >= 11 is 0. The number of carbonyl (C=O) groups excluding carboxylic acids is 2. The highest BCUT2D eigenvalue weighted by Crippen LogP contribution is 2.49. The van der Waals surface area contributed by atoms with Crippen LogP contribution >= 0.6 is 0 Å². The minimum Gasteiger partial charge on any atom is -0.460 e. The minimum atomic E-state index is -0.895. The summed E-state index contributed by atoms with van der Waals surface area (Å²) in [5.74, 6) is 0.788. The van der Waals surface area contributed by atoms with E-state index in [1.807, 2.05) is 6.07 Å². The number of carbonyl (C=O) groups is 2. The number of ether oxygens (including phenoxy) is 1. The van der Waals surface area contributed by atoms with E-state index < -0.39 is 5.54 Å². The molecule has 2 bridgehead atoms. The molecular formula is C26H35NO3. The number of hydrogen-bond acceptors (Lipinski definition) is 3. The molecule has 3 unspecified atom stereocenters. The predicted molar refractivity (Wildman–Crippen MR) is 118 cm³/mol. The van der Waals surface area contributed by atoms with Gasteiger partial charge in [0.25, 0.3) is 0 Å². The number of fused-ring (bicyclic) bond motifs is 2.